The SMILES string of the molecule is COc1cccc(C(=O)c2c(C)c(C#N)c(=O)n(C(C)C)c2O)c1. The largest absolute Gasteiger partial charge is 0.497 e. The van der Waals surface area contributed by atoms with Crippen molar-refractivity contribution in [2.75, 3.05) is 7.11 Å². The zero-order chi connectivity index (χ0) is 18.0. The van der Waals surface area contributed by atoms with Crippen molar-refractivity contribution in [3.05, 3.63) is 56.9 Å². The summed E-state index contributed by atoms with van der Waals surface area (Å²) in [6.45, 7) is 4.87. The van der Waals surface area contributed by atoms with Crippen LogP contribution in [0, 0.1) is 18.3 Å². The van der Waals surface area contributed by atoms with Crippen LogP contribution in [-0.4, -0.2) is 22.6 Å². The van der Waals surface area contributed by atoms with E-state index in [2.05, 4.69) is 0 Å². The molecule has 0 bridgehead atoms. The predicted octanol–water partition coefficient (Wildman–Crippen LogP) is 2.55. The molecule has 2 aromatic rings. The number of rotatable bonds is 4. The van der Waals surface area contributed by atoms with Crippen LogP contribution in [-0.2, 0) is 0 Å². The fourth-order valence-corrected chi connectivity index (χ4v) is 2.58. The molecule has 0 saturated carbocycles. The lowest BCUT2D eigenvalue weighted by Crippen LogP contribution is -2.28. The maximum absolute atomic E-state index is 12.9. The van der Waals surface area contributed by atoms with Gasteiger partial charge >= 0.3 is 0 Å². The number of methoxy groups -OCH3 is 1. The molecule has 0 atom stereocenters. The standard InChI is InChI=1S/C18H18N2O4/c1-10(2)20-17(22)14(9-19)11(3)15(18(20)23)16(21)12-6-5-7-13(8-12)24-4/h5-8,10,23H,1-4H3. The van der Waals surface area contributed by atoms with E-state index < -0.39 is 23.3 Å². The lowest BCUT2D eigenvalue weighted by molar-refractivity contribution is 0.103. The molecule has 2 rings (SSSR count). The van der Waals surface area contributed by atoms with Crippen LogP contribution < -0.4 is 10.3 Å². The Bertz CT molecular complexity index is 904. The molecule has 124 valence electrons. The summed E-state index contributed by atoms with van der Waals surface area (Å²) in [6, 6.07) is 7.91. The van der Waals surface area contributed by atoms with E-state index in [0.29, 0.717) is 11.3 Å². The van der Waals surface area contributed by atoms with E-state index in [1.807, 2.05) is 6.07 Å². The van der Waals surface area contributed by atoms with Gasteiger partial charge in [0.25, 0.3) is 5.56 Å². The van der Waals surface area contributed by atoms with Crippen LogP contribution in [0.25, 0.3) is 0 Å². The van der Waals surface area contributed by atoms with Crippen LogP contribution in [0.1, 0.15) is 46.9 Å². The Hall–Kier alpha value is -3.07. The van der Waals surface area contributed by atoms with Crippen molar-refractivity contribution in [1.82, 2.24) is 4.57 Å². The molecule has 0 unspecified atom stereocenters. The quantitative estimate of drug-likeness (QED) is 0.872. The Morgan fingerprint density at radius 3 is 2.58 bits per heavy atom. The highest BCUT2D eigenvalue weighted by Gasteiger charge is 2.25. The molecule has 0 aliphatic rings. The van der Waals surface area contributed by atoms with E-state index in [-0.39, 0.29) is 16.7 Å². The monoisotopic (exact) mass is 326 g/mol. The topological polar surface area (TPSA) is 92.3 Å². The normalized spacial score (nSPS) is 10.5. The summed E-state index contributed by atoms with van der Waals surface area (Å²) in [5.41, 5.74) is -0.333. The molecular formula is C18H18N2O4. The average Bonchev–Trinajstić information content (AvgIpc) is 2.54. The van der Waals surface area contributed by atoms with Gasteiger partial charge in [0.15, 0.2) is 5.78 Å². The third-order valence-electron chi connectivity index (χ3n) is 3.82. The summed E-state index contributed by atoms with van der Waals surface area (Å²) in [7, 11) is 1.49. The van der Waals surface area contributed by atoms with Gasteiger partial charge in [-0.15, -0.1) is 0 Å². The summed E-state index contributed by atoms with van der Waals surface area (Å²) in [6.07, 6.45) is 0. The number of carbonyl (C=O) groups excluding carboxylic acids is 1. The Kier molecular flexibility index (Phi) is 4.74. The van der Waals surface area contributed by atoms with Crippen LogP contribution in [0.5, 0.6) is 11.6 Å². The van der Waals surface area contributed by atoms with Crippen molar-refractivity contribution in [3.8, 4) is 17.7 Å². The van der Waals surface area contributed by atoms with Gasteiger partial charge in [0.1, 0.15) is 17.4 Å². The number of nitriles is 1. The van der Waals surface area contributed by atoms with E-state index in [0.717, 1.165) is 4.57 Å². The van der Waals surface area contributed by atoms with Gasteiger partial charge in [-0.2, -0.15) is 5.26 Å². The lowest BCUT2D eigenvalue weighted by atomic mass is 9.97. The van der Waals surface area contributed by atoms with Gasteiger partial charge in [0, 0.05) is 11.6 Å². The molecule has 0 aliphatic heterocycles. The summed E-state index contributed by atoms with van der Waals surface area (Å²) in [5, 5.41) is 19.8. The van der Waals surface area contributed by atoms with Crippen molar-refractivity contribution >= 4 is 5.78 Å². The van der Waals surface area contributed by atoms with Crippen molar-refractivity contribution in [1.29, 1.82) is 5.26 Å². The third-order valence-corrected chi connectivity index (χ3v) is 3.82. The number of hydrogen-bond acceptors (Lipinski definition) is 5. The molecule has 6 heteroatoms. The second-order valence-corrected chi connectivity index (χ2v) is 5.64. The second-order valence-electron chi connectivity index (χ2n) is 5.64. The number of aromatic nitrogens is 1. The Labute approximate surface area is 139 Å². The highest BCUT2D eigenvalue weighted by molar-refractivity contribution is 6.11. The number of carbonyl (C=O) groups is 1. The predicted molar refractivity (Wildman–Crippen MR) is 88.6 cm³/mol. The lowest BCUT2D eigenvalue weighted by Gasteiger charge is -2.18. The van der Waals surface area contributed by atoms with Crippen molar-refractivity contribution < 1.29 is 14.6 Å². The van der Waals surface area contributed by atoms with Crippen molar-refractivity contribution in [3.63, 3.8) is 0 Å². The summed E-state index contributed by atoms with van der Waals surface area (Å²) < 4.78 is 6.16. The van der Waals surface area contributed by atoms with Gasteiger partial charge in [-0.3, -0.25) is 14.2 Å². The summed E-state index contributed by atoms with van der Waals surface area (Å²) in [4.78, 5) is 25.2. The number of benzene rings is 1. The van der Waals surface area contributed by atoms with Gasteiger partial charge in [-0.05, 0) is 38.5 Å². The minimum atomic E-state index is -0.607. The van der Waals surface area contributed by atoms with Crippen LogP contribution in [0.3, 0.4) is 0 Å². The molecule has 1 aromatic carbocycles. The van der Waals surface area contributed by atoms with Gasteiger partial charge in [-0.1, -0.05) is 12.1 Å². The molecule has 0 fully saturated rings. The van der Waals surface area contributed by atoms with E-state index in [9.17, 15) is 20.0 Å². The highest BCUT2D eigenvalue weighted by Crippen LogP contribution is 2.27. The molecular weight excluding hydrogens is 308 g/mol. The van der Waals surface area contributed by atoms with Gasteiger partial charge in [0.2, 0.25) is 5.88 Å². The van der Waals surface area contributed by atoms with E-state index in [4.69, 9.17) is 4.74 Å². The highest BCUT2D eigenvalue weighted by atomic mass is 16.5. The Morgan fingerprint density at radius 2 is 2.04 bits per heavy atom. The Balaban J connectivity index is 2.78. The third kappa shape index (κ3) is 2.76. The molecule has 0 spiro atoms. The number of pyridine rings is 1. The first-order chi connectivity index (χ1) is 11.3. The van der Waals surface area contributed by atoms with E-state index in [1.165, 1.54) is 20.1 Å². The van der Waals surface area contributed by atoms with Gasteiger partial charge in [-0.25, -0.2) is 0 Å². The molecule has 0 radical (unpaired) electrons. The maximum atomic E-state index is 12.9. The first kappa shape index (κ1) is 17.3. The van der Waals surface area contributed by atoms with Gasteiger partial charge < -0.3 is 9.84 Å². The fraction of sp³-hybridized carbons (Fsp3) is 0.278. The summed E-state index contributed by atoms with van der Waals surface area (Å²) >= 11 is 0. The number of nitrogens with zero attached hydrogens (tertiary/aromatic N) is 2. The second kappa shape index (κ2) is 6.59. The maximum Gasteiger partial charge on any atom is 0.271 e. The minimum Gasteiger partial charge on any atom is -0.497 e. The first-order valence-electron chi connectivity index (χ1n) is 7.40. The van der Waals surface area contributed by atoms with Crippen LogP contribution in [0.15, 0.2) is 29.1 Å². The zero-order valence-corrected chi connectivity index (χ0v) is 14.0. The van der Waals surface area contributed by atoms with Crippen molar-refractivity contribution in [2.45, 2.75) is 26.8 Å². The fourth-order valence-electron chi connectivity index (χ4n) is 2.58. The molecule has 6 nitrogen and oxygen atoms in total. The minimum absolute atomic E-state index is 0.0481. The molecule has 0 amide bonds. The first-order valence-corrected chi connectivity index (χ1v) is 7.40. The number of aromatic hydroxyl groups is 1. The average molecular weight is 326 g/mol. The number of ether oxygens (including phenoxy) is 1. The molecule has 1 N–H and O–H groups in total. The Morgan fingerprint density at radius 1 is 1.38 bits per heavy atom. The summed E-state index contributed by atoms with van der Waals surface area (Å²) in [5.74, 6) is -0.412. The van der Waals surface area contributed by atoms with Crippen LogP contribution >= 0.6 is 0 Å². The van der Waals surface area contributed by atoms with Crippen LogP contribution in [0.4, 0.5) is 0 Å². The number of ketones is 1. The number of hydrogen-bond donors (Lipinski definition) is 1. The van der Waals surface area contributed by atoms with E-state index in [1.54, 1.807) is 32.0 Å². The molecule has 1 aromatic heterocycles. The van der Waals surface area contributed by atoms with Crippen LogP contribution in [0.2, 0.25) is 0 Å². The molecule has 24 heavy (non-hydrogen) atoms. The van der Waals surface area contributed by atoms with Gasteiger partial charge in [0.05, 0.1) is 12.7 Å². The molecule has 0 saturated heterocycles. The molecule has 1 heterocycles. The van der Waals surface area contributed by atoms with Crippen molar-refractivity contribution in [2.24, 2.45) is 0 Å². The molecule has 0 aliphatic carbocycles. The zero-order valence-electron chi connectivity index (χ0n) is 14.0. The van der Waals surface area contributed by atoms with E-state index >= 15 is 0 Å². The smallest absolute Gasteiger partial charge is 0.271 e.